The van der Waals surface area contributed by atoms with Crippen LogP contribution in [0, 0.1) is 0 Å². The average Bonchev–Trinajstić information content (AvgIpc) is 3.51. The summed E-state index contributed by atoms with van der Waals surface area (Å²) in [6.07, 6.45) is 6.37. The van der Waals surface area contributed by atoms with Crippen molar-refractivity contribution in [1.29, 1.82) is 0 Å². The summed E-state index contributed by atoms with van der Waals surface area (Å²) in [5.74, 6) is 0.815. The minimum Gasteiger partial charge on any atom is -0.377 e. The largest absolute Gasteiger partial charge is 0.377 e. The van der Waals surface area contributed by atoms with Crippen molar-refractivity contribution in [3.05, 3.63) is 47.5 Å². The van der Waals surface area contributed by atoms with Gasteiger partial charge in [-0.2, -0.15) is 5.10 Å². The number of benzene rings is 2. The van der Waals surface area contributed by atoms with Crippen molar-refractivity contribution in [3.63, 3.8) is 0 Å². The van der Waals surface area contributed by atoms with Crippen molar-refractivity contribution in [2.75, 3.05) is 26.2 Å². The Hall–Kier alpha value is -2.74. The summed E-state index contributed by atoms with van der Waals surface area (Å²) in [5.41, 5.74) is 6.51. The maximum Gasteiger partial charge on any atom is 0.159 e. The van der Waals surface area contributed by atoms with Gasteiger partial charge in [0.2, 0.25) is 0 Å². The van der Waals surface area contributed by atoms with Crippen LogP contribution < -0.4 is 5.32 Å². The number of nitrogens with zero attached hydrogens (tertiary/aromatic N) is 3. The van der Waals surface area contributed by atoms with Crippen LogP contribution in [0.25, 0.3) is 33.5 Å². The maximum atomic E-state index is 5.55. The third-order valence-corrected chi connectivity index (χ3v) is 7.54. The Labute approximate surface area is 200 Å². The van der Waals surface area contributed by atoms with Crippen LogP contribution in [0.4, 0.5) is 0 Å². The molecule has 0 amide bonds. The van der Waals surface area contributed by atoms with Gasteiger partial charge in [0.15, 0.2) is 5.82 Å². The molecule has 2 aromatic carbocycles. The minimum atomic E-state index is 0.503. The molecule has 1 unspecified atom stereocenters. The fourth-order valence-corrected chi connectivity index (χ4v) is 5.79. The van der Waals surface area contributed by atoms with E-state index in [1.54, 1.807) is 0 Å². The monoisotopic (exact) mass is 458 g/mol. The lowest BCUT2D eigenvalue weighted by Gasteiger charge is -2.43. The molecule has 2 aromatic heterocycles. The number of rotatable bonds is 6. The molecule has 4 heterocycles. The Kier molecular flexibility index (Phi) is 6.07. The van der Waals surface area contributed by atoms with Crippen LogP contribution in [0.2, 0.25) is 0 Å². The smallest absolute Gasteiger partial charge is 0.159 e. The second-order valence-corrected chi connectivity index (χ2v) is 9.68. The van der Waals surface area contributed by atoms with Crippen molar-refractivity contribution in [1.82, 2.24) is 30.4 Å². The van der Waals surface area contributed by atoms with Crippen LogP contribution in [0.5, 0.6) is 0 Å². The highest BCUT2D eigenvalue weighted by molar-refractivity contribution is 5.93. The van der Waals surface area contributed by atoms with E-state index < -0.39 is 0 Å². The predicted molar refractivity (Wildman–Crippen MR) is 136 cm³/mol. The van der Waals surface area contributed by atoms with Gasteiger partial charge in [-0.25, -0.2) is 4.98 Å². The molecule has 2 aliphatic rings. The summed E-state index contributed by atoms with van der Waals surface area (Å²) in [6.45, 7) is 6.84. The first-order valence-electron chi connectivity index (χ1n) is 12.8. The lowest BCUT2D eigenvalue weighted by molar-refractivity contribution is 0.0760. The Bertz CT molecular complexity index is 1270. The molecule has 7 nitrogen and oxygen atoms in total. The van der Waals surface area contributed by atoms with Crippen LogP contribution in [-0.4, -0.2) is 57.3 Å². The topological polar surface area (TPSA) is 81.9 Å². The molecule has 7 heteroatoms. The molecule has 0 aliphatic carbocycles. The molecule has 2 saturated heterocycles. The second kappa shape index (κ2) is 9.49. The summed E-state index contributed by atoms with van der Waals surface area (Å²) < 4.78 is 5.55. The van der Waals surface area contributed by atoms with Gasteiger partial charge < -0.3 is 15.0 Å². The lowest BCUT2D eigenvalue weighted by Crippen LogP contribution is -2.46. The molecule has 2 aliphatic heterocycles. The molecule has 0 bridgehead atoms. The highest BCUT2D eigenvalue weighted by Crippen LogP contribution is 2.36. The number of likely N-dealkylation sites (tertiary alicyclic amines) is 1. The van der Waals surface area contributed by atoms with Gasteiger partial charge >= 0.3 is 0 Å². The van der Waals surface area contributed by atoms with Crippen molar-refractivity contribution in [2.45, 2.75) is 57.7 Å². The predicted octanol–water partition coefficient (Wildman–Crippen LogP) is 4.92. The lowest BCUT2D eigenvalue weighted by atomic mass is 9.91. The molecular formula is C27H34N6O. The zero-order valence-electron chi connectivity index (χ0n) is 19.9. The maximum absolute atomic E-state index is 5.55. The van der Waals surface area contributed by atoms with E-state index in [4.69, 9.17) is 9.72 Å². The van der Waals surface area contributed by atoms with E-state index in [1.807, 2.05) is 6.92 Å². The van der Waals surface area contributed by atoms with Gasteiger partial charge in [0.25, 0.3) is 0 Å². The Balaban J connectivity index is 1.30. The fourth-order valence-electron chi connectivity index (χ4n) is 5.79. The summed E-state index contributed by atoms with van der Waals surface area (Å²) in [4.78, 5) is 11.2. The SMILES string of the molecule is CCOCc1ccc2c(-c3nc4ccc(C5CCCCN5C5CCNCC5)cc4[nH]3)n[nH]c2c1. The van der Waals surface area contributed by atoms with Crippen LogP contribution in [0.1, 0.15) is 56.2 Å². The summed E-state index contributed by atoms with van der Waals surface area (Å²) in [6, 6.07) is 14.3. The van der Waals surface area contributed by atoms with Crippen LogP contribution in [-0.2, 0) is 11.3 Å². The molecule has 0 saturated carbocycles. The molecule has 3 N–H and O–H groups in total. The van der Waals surface area contributed by atoms with Gasteiger partial charge in [-0.3, -0.25) is 10.00 Å². The number of aromatic amines is 2. The quantitative estimate of drug-likeness (QED) is 0.382. The van der Waals surface area contributed by atoms with E-state index in [0.717, 1.165) is 52.1 Å². The van der Waals surface area contributed by atoms with E-state index in [-0.39, 0.29) is 0 Å². The molecule has 6 rings (SSSR count). The van der Waals surface area contributed by atoms with E-state index in [9.17, 15) is 0 Å². The van der Waals surface area contributed by atoms with Crippen molar-refractivity contribution in [3.8, 4) is 11.5 Å². The number of imidazole rings is 1. The number of piperidine rings is 2. The van der Waals surface area contributed by atoms with E-state index >= 15 is 0 Å². The van der Waals surface area contributed by atoms with Crippen LogP contribution >= 0.6 is 0 Å². The van der Waals surface area contributed by atoms with Gasteiger partial charge in [-0.1, -0.05) is 24.6 Å². The Morgan fingerprint density at radius 1 is 1.03 bits per heavy atom. The van der Waals surface area contributed by atoms with Crippen molar-refractivity contribution < 1.29 is 4.74 Å². The van der Waals surface area contributed by atoms with Crippen LogP contribution in [0.3, 0.4) is 0 Å². The first-order chi connectivity index (χ1) is 16.8. The van der Waals surface area contributed by atoms with Gasteiger partial charge in [0.1, 0.15) is 5.69 Å². The molecular weight excluding hydrogens is 424 g/mol. The standard InChI is InChI=1S/C27H34N6O/c1-2-34-17-18-6-8-21-23(15-18)31-32-26(21)27-29-22-9-7-19(16-24(22)30-27)25-5-3-4-14-33(25)20-10-12-28-13-11-20/h6-9,15-16,20,25,28H,2-5,10-14,17H2,1H3,(H,29,30)(H,31,32). The third kappa shape index (κ3) is 4.13. The summed E-state index contributed by atoms with van der Waals surface area (Å²) in [5, 5.41) is 12.4. The highest BCUT2D eigenvalue weighted by atomic mass is 16.5. The van der Waals surface area contributed by atoms with E-state index in [1.165, 1.54) is 44.2 Å². The minimum absolute atomic E-state index is 0.503. The first kappa shape index (κ1) is 21.8. The van der Waals surface area contributed by atoms with Gasteiger partial charge in [-0.05, 0) is 81.6 Å². The molecule has 2 fully saturated rings. The molecule has 0 spiro atoms. The number of ether oxygens (including phenoxy) is 1. The highest BCUT2D eigenvalue weighted by Gasteiger charge is 2.31. The number of nitrogens with one attached hydrogen (secondary N) is 3. The second-order valence-electron chi connectivity index (χ2n) is 9.68. The number of aromatic nitrogens is 4. The zero-order valence-corrected chi connectivity index (χ0v) is 19.9. The first-order valence-corrected chi connectivity index (χ1v) is 12.8. The summed E-state index contributed by atoms with van der Waals surface area (Å²) in [7, 11) is 0. The molecule has 0 radical (unpaired) electrons. The Morgan fingerprint density at radius 2 is 1.94 bits per heavy atom. The molecule has 178 valence electrons. The molecule has 4 aromatic rings. The summed E-state index contributed by atoms with van der Waals surface area (Å²) >= 11 is 0. The van der Waals surface area contributed by atoms with Gasteiger partial charge in [-0.15, -0.1) is 0 Å². The normalized spacial score (nSPS) is 20.4. The van der Waals surface area contributed by atoms with Crippen LogP contribution in [0.15, 0.2) is 36.4 Å². The van der Waals surface area contributed by atoms with E-state index in [2.05, 4.69) is 61.8 Å². The third-order valence-electron chi connectivity index (χ3n) is 7.54. The fraction of sp³-hybridized carbons (Fsp3) is 0.481. The molecule has 34 heavy (non-hydrogen) atoms. The number of fused-ring (bicyclic) bond motifs is 2. The number of hydrogen-bond donors (Lipinski definition) is 3. The van der Waals surface area contributed by atoms with Crippen molar-refractivity contribution in [2.24, 2.45) is 0 Å². The van der Waals surface area contributed by atoms with Crippen molar-refractivity contribution >= 4 is 21.9 Å². The van der Waals surface area contributed by atoms with Gasteiger partial charge in [0.05, 0.1) is 23.2 Å². The Morgan fingerprint density at radius 3 is 2.82 bits per heavy atom. The number of hydrogen-bond acceptors (Lipinski definition) is 5. The van der Waals surface area contributed by atoms with Gasteiger partial charge in [0, 0.05) is 24.1 Å². The van der Waals surface area contributed by atoms with E-state index in [0.29, 0.717) is 25.3 Å². The average molecular weight is 459 g/mol. The number of H-pyrrole nitrogens is 2. The zero-order chi connectivity index (χ0) is 22.9. The molecule has 1 atom stereocenters.